The molecule has 0 bridgehead atoms. The number of fused-ring (bicyclic) bond motifs is 1. The largest absolute Gasteiger partial charge is 0.381 e. The van der Waals surface area contributed by atoms with E-state index in [2.05, 4.69) is 43.7 Å². The third-order valence-corrected chi connectivity index (χ3v) is 10.4. The molecule has 2 saturated heterocycles. The molecule has 0 aliphatic carbocycles. The van der Waals surface area contributed by atoms with Gasteiger partial charge in [-0.2, -0.15) is 9.40 Å². The number of amides is 1. The van der Waals surface area contributed by atoms with Crippen LogP contribution in [0.2, 0.25) is 0 Å². The smallest absolute Gasteiger partial charge is 0.257 e. The molecule has 0 radical (unpaired) electrons. The van der Waals surface area contributed by atoms with Gasteiger partial charge >= 0.3 is 0 Å². The monoisotopic (exact) mass is 629 g/mol. The quantitative estimate of drug-likeness (QED) is 0.348. The summed E-state index contributed by atoms with van der Waals surface area (Å²) in [6.45, 7) is 5.62. The fourth-order valence-electron chi connectivity index (χ4n) is 5.95. The average molecular weight is 630 g/mol. The number of sulfonamides is 1. The van der Waals surface area contributed by atoms with Crippen molar-refractivity contribution in [2.45, 2.75) is 43.3 Å². The second-order valence-electron chi connectivity index (χ2n) is 11.6. The first-order chi connectivity index (χ1) is 21.2. The summed E-state index contributed by atoms with van der Waals surface area (Å²) in [6.07, 6.45) is 2.11. The molecular formula is C30H37F2N7O4S. The van der Waals surface area contributed by atoms with Crippen molar-refractivity contribution in [1.29, 1.82) is 0 Å². The normalized spacial score (nSPS) is 18.8. The van der Waals surface area contributed by atoms with Gasteiger partial charge in [-0.05, 0) is 55.8 Å². The SMILES string of the molecule is CN1CCN(c2ccc(C(=O)Nc3n[nH]c4c3CN(S(=O)(=O)c3cc(F)cc(F)c3)CC4)c(CNC3CCOCC3)c2)CC1. The molecule has 236 valence electrons. The lowest BCUT2D eigenvalue weighted by molar-refractivity contribution is 0.0775. The molecule has 0 saturated carbocycles. The third-order valence-electron chi connectivity index (χ3n) is 8.61. The van der Waals surface area contributed by atoms with E-state index in [1.165, 1.54) is 0 Å². The topological polar surface area (TPSA) is 123 Å². The number of carbonyl (C=O) groups excluding carboxylic acids is 1. The number of hydrogen-bond acceptors (Lipinski definition) is 8. The van der Waals surface area contributed by atoms with E-state index in [1.807, 2.05) is 12.1 Å². The highest BCUT2D eigenvalue weighted by atomic mass is 32.2. The highest BCUT2D eigenvalue weighted by Crippen LogP contribution is 2.30. The minimum absolute atomic E-state index is 0.0961. The van der Waals surface area contributed by atoms with Gasteiger partial charge in [0.1, 0.15) is 11.6 Å². The van der Waals surface area contributed by atoms with E-state index in [9.17, 15) is 22.0 Å². The Labute approximate surface area is 255 Å². The molecule has 2 fully saturated rings. The van der Waals surface area contributed by atoms with Crippen molar-refractivity contribution in [2.75, 3.05) is 63.2 Å². The van der Waals surface area contributed by atoms with E-state index in [1.54, 1.807) is 0 Å². The van der Waals surface area contributed by atoms with Crippen LogP contribution in [0.4, 0.5) is 20.3 Å². The zero-order chi connectivity index (χ0) is 30.8. The van der Waals surface area contributed by atoms with E-state index in [4.69, 9.17) is 4.74 Å². The van der Waals surface area contributed by atoms with Gasteiger partial charge in [-0.3, -0.25) is 9.89 Å². The molecule has 4 heterocycles. The summed E-state index contributed by atoms with van der Waals surface area (Å²) >= 11 is 0. The number of nitrogens with zero attached hydrogens (tertiary/aromatic N) is 4. The molecule has 3 aromatic rings. The van der Waals surface area contributed by atoms with Crippen LogP contribution in [0.1, 0.15) is 40.0 Å². The van der Waals surface area contributed by atoms with E-state index >= 15 is 0 Å². The maximum Gasteiger partial charge on any atom is 0.257 e. The Morgan fingerprint density at radius 3 is 2.50 bits per heavy atom. The minimum Gasteiger partial charge on any atom is -0.381 e. The van der Waals surface area contributed by atoms with Crippen LogP contribution >= 0.6 is 0 Å². The van der Waals surface area contributed by atoms with Gasteiger partial charge in [0.25, 0.3) is 5.91 Å². The van der Waals surface area contributed by atoms with Gasteiger partial charge in [0, 0.05) is 100 Å². The average Bonchev–Trinajstić information content (AvgIpc) is 3.42. The Kier molecular flexibility index (Phi) is 8.96. The first-order valence-electron chi connectivity index (χ1n) is 14.9. The summed E-state index contributed by atoms with van der Waals surface area (Å²) in [5, 5.41) is 13.7. The maximum atomic E-state index is 13.8. The predicted octanol–water partition coefficient (Wildman–Crippen LogP) is 2.71. The van der Waals surface area contributed by atoms with Crippen LogP contribution < -0.4 is 15.5 Å². The molecule has 6 rings (SSSR count). The molecule has 0 unspecified atom stereocenters. The lowest BCUT2D eigenvalue weighted by Crippen LogP contribution is -2.44. The van der Waals surface area contributed by atoms with Crippen molar-refractivity contribution in [1.82, 2.24) is 24.7 Å². The van der Waals surface area contributed by atoms with Crippen molar-refractivity contribution in [3.05, 3.63) is 70.4 Å². The second kappa shape index (κ2) is 12.9. The number of hydrogen-bond donors (Lipinski definition) is 3. The van der Waals surface area contributed by atoms with Crippen LogP contribution in [0.5, 0.6) is 0 Å². The van der Waals surface area contributed by atoms with Crippen molar-refractivity contribution in [3.63, 3.8) is 0 Å². The van der Waals surface area contributed by atoms with E-state index < -0.39 is 26.6 Å². The molecular weight excluding hydrogens is 592 g/mol. The summed E-state index contributed by atoms with van der Waals surface area (Å²) < 4.78 is 60.8. The van der Waals surface area contributed by atoms with Crippen molar-refractivity contribution < 1.29 is 26.7 Å². The van der Waals surface area contributed by atoms with Gasteiger partial charge in [-0.15, -0.1) is 0 Å². The van der Waals surface area contributed by atoms with Crippen LogP contribution in [0.3, 0.4) is 0 Å². The molecule has 3 aliphatic heterocycles. The number of aromatic amines is 1. The van der Waals surface area contributed by atoms with Gasteiger partial charge in [-0.1, -0.05) is 0 Å². The highest BCUT2D eigenvalue weighted by Gasteiger charge is 2.32. The molecule has 2 aromatic carbocycles. The summed E-state index contributed by atoms with van der Waals surface area (Å²) in [6, 6.07) is 8.38. The fraction of sp³-hybridized carbons (Fsp3) is 0.467. The number of piperazine rings is 1. The standard InChI is InChI=1S/C30H37F2N7O4S/c1-37-8-10-38(11-9-37)24-2-3-26(20(14-24)18-33-23-5-12-43-13-6-23)30(40)34-29-27-19-39(7-4-28(27)35-36-29)44(41,42)25-16-21(31)15-22(32)17-25/h2-3,14-17,23,33H,4-13,18-19H2,1H3,(H2,34,35,36,40). The molecule has 0 atom stereocenters. The highest BCUT2D eigenvalue weighted by molar-refractivity contribution is 7.89. The molecule has 14 heteroatoms. The number of ether oxygens (including phenoxy) is 1. The Balaban J connectivity index is 1.22. The summed E-state index contributed by atoms with van der Waals surface area (Å²) in [5.74, 6) is -2.08. The minimum atomic E-state index is -4.19. The number of nitrogens with one attached hydrogen (secondary N) is 3. The van der Waals surface area contributed by atoms with Gasteiger partial charge in [0.2, 0.25) is 10.0 Å². The van der Waals surface area contributed by atoms with Gasteiger partial charge in [-0.25, -0.2) is 17.2 Å². The predicted molar refractivity (Wildman–Crippen MR) is 161 cm³/mol. The van der Waals surface area contributed by atoms with Crippen LogP contribution in [-0.4, -0.2) is 92.8 Å². The zero-order valence-electron chi connectivity index (χ0n) is 24.6. The summed E-state index contributed by atoms with van der Waals surface area (Å²) in [4.78, 5) is 17.9. The van der Waals surface area contributed by atoms with Crippen molar-refractivity contribution >= 4 is 27.4 Å². The summed E-state index contributed by atoms with van der Waals surface area (Å²) in [5.41, 5.74) is 3.62. The fourth-order valence-corrected chi connectivity index (χ4v) is 7.40. The molecule has 1 aromatic heterocycles. The second-order valence-corrected chi connectivity index (χ2v) is 13.5. The number of H-pyrrole nitrogens is 1. The van der Waals surface area contributed by atoms with Crippen molar-refractivity contribution in [2.24, 2.45) is 0 Å². The lowest BCUT2D eigenvalue weighted by atomic mass is 10.0. The summed E-state index contributed by atoms with van der Waals surface area (Å²) in [7, 11) is -2.09. The van der Waals surface area contributed by atoms with Crippen LogP contribution in [-0.2, 0) is 34.3 Å². The Bertz CT molecular complexity index is 1600. The Morgan fingerprint density at radius 1 is 1.05 bits per heavy atom. The molecule has 1 amide bonds. The first-order valence-corrected chi connectivity index (χ1v) is 16.3. The van der Waals surface area contributed by atoms with Crippen LogP contribution in [0.15, 0.2) is 41.3 Å². The number of rotatable bonds is 8. The Morgan fingerprint density at radius 2 is 1.77 bits per heavy atom. The number of carbonyl (C=O) groups is 1. The number of halogens is 2. The molecule has 11 nitrogen and oxygen atoms in total. The molecule has 3 aliphatic rings. The number of benzene rings is 2. The van der Waals surface area contributed by atoms with Crippen LogP contribution in [0.25, 0.3) is 0 Å². The van der Waals surface area contributed by atoms with Crippen LogP contribution in [0, 0.1) is 11.6 Å². The maximum absolute atomic E-state index is 13.8. The molecule has 44 heavy (non-hydrogen) atoms. The van der Waals surface area contributed by atoms with Gasteiger partial charge in [0.05, 0.1) is 4.90 Å². The third kappa shape index (κ3) is 6.64. The lowest BCUT2D eigenvalue weighted by Gasteiger charge is -2.34. The van der Waals surface area contributed by atoms with E-state index in [0.29, 0.717) is 55.1 Å². The van der Waals surface area contributed by atoms with Crippen molar-refractivity contribution in [3.8, 4) is 0 Å². The van der Waals surface area contributed by atoms with E-state index in [-0.39, 0.29) is 24.8 Å². The van der Waals surface area contributed by atoms with Gasteiger partial charge < -0.3 is 25.2 Å². The Hall–Kier alpha value is -3.43. The molecule has 0 spiro atoms. The first kappa shape index (κ1) is 30.6. The molecule has 3 N–H and O–H groups in total. The number of likely N-dealkylation sites (N-methyl/N-ethyl adjacent to an activating group) is 1. The number of aromatic nitrogens is 2. The number of anilines is 2. The van der Waals surface area contributed by atoms with E-state index in [0.717, 1.165) is 66.7 Å². The zero-order valence-corrected chi connectivity index (χ0v) is 25.4. The van der Waals surface area contributed by atoms with Gasteiger partial charge in [0.15, 0.2) is 5.82 Å².